The predicted octanol–water partition coefficient (Wildman–Crippen LogP) is 3.28. The van der Waals surface area contributed by atoms with Gasteiger partial charge >= 0.3 is 0 Å². The lowest BCUT2D eigenvalue weighted by molar-refractivity contribution is 0.190. The molecule has 1 aliphatic heterocycles. The van der Waals surface area contributed by atoms with Crippen molar-refractivity contribution in [2.45, 2.75) is 26.0 Å². The first-order valence-corrected chi connectivity index (χ1v) is 8.54. The van der Waals surface area contributed by atoms with Gasteiger partial charge in [-0.15, -0.1) is 12.4 Å². The Morgan fingerprint density at radius 3 is 2.88 bits per heavy atom. The molecular formula is C16H22BrClN4O2. The highest BCUT2D eigenvalue weighted by atomic mass is 79.9. The molecule has 0 bridgehead atoms. The van der Waals surface area contributed by atoms with Crippen LogP contribution < -0.4 is 10.1 Å². The molecule has 1 aromatic heterocycles. The number of nitrogens with zero attached hydrogens (tertiary/aromatic N) is 3. The first-order valence-electron chi connectivity index (χ1n) is 7.75. The lowest BCUT2D eigenvalue weighted by atomic mass is 10.2. The van der Waals surface area contributed by atoms with Gasteiger partial charge in [0.1, 0.15) is 5.75 Å². The molecule has 0 spiro atoms. The van der Waals surface area contributed by atoms with Crippen molar-refractivity contribution in [3.63, 3.8) is 0 Å². The maximum Gasteiger partial charge on any atom is 0.258 e. The van der Waals surface area contributed by atoms with Gasteiger partial charge in [0.15, 0.2) is 5.82 Å². The monoisotopic (exact) mass is 416 g/mol. The van der Waals surface area contributed by atoms with E-state index in [1.807, 2.05) is 32.0 Å². The van der Waals surface area contributed by atoms with Gasteiger partial charge in [-0.2, -0.15) is 4.98 Å². The summed E-state index contributed by atoms with van der Waals surface area (Å²) in [5.74, 6) is 2.00. The Kier molecular flexibility index (Phi) is 6.62. The number of likely N-dealkylation sites (N-methyl/N-ethyl adjacent to an activating group) is 1. The Morgan fingerprint density at radius 2 is 2.17 bits per heavy atom. The molecule has 1 atom stereocenters. The van der Waals surface area contributed by atoms with Gasteiger partial charge in [0.2, 0.25) is 0 Å². The second-order valence-electron chi connectivity index (χ2n) is 6.00. The molecule has 1 fully saturated rings. The highest BCUT2D eigenvalue weighted by molar-refractivity contribution is 9.10. The molecule has 24 heavy (non-hydrogen) atoms. The Hall–Kier alpha value is -1.15. The zero-order valence-electron chi connectivity index (χ0n) is 14.0. The van der Waals surface area contributed by atoms with Gasteiger partial charge in [0, 0.05) is 29.7 Å². The molecule has 1 aliphatic rings. The van der Waals surface area contributed by atoms with Crippen molar-refractivity contribution in [3.05, 3.63) is 28.5 Å². The Morgan fingerprint density at radius 1 is 1.38 bits per heavy atom. The van der Waals surface area contributed by atoms with E-state index >= 15 is 0 Å². The van der Waals surface area contributed by atoms with Crippen molar-refractivity contribution >= 4 is 28.3 Å². The van der Waals surface area contributed by atoms with Crippen LogP contribution in [0.1, 0.15) is 25.7 Å². The number of aromatic nitrogens is 2. The van der Waals surface area contributed by atoms with Crippen LogP contribution in [0.15, 0.2) is 27.2 Å². The third-order valence-electron chi connectivity index (χ3n) is 3.74. The smallest absolute Gasteiger partial charge is 0.258 e. The van der Waals surface area contributed by atoms with E-state index < -0.39 is 0 Å². The largest absolute Gasteiger partial charge is 0.491 e. The van der Waals surface area contributed by atoms with Gasteiger partial charge in [-0.3, -0.25) is 4.90 Å². The van der Waals surface area contributed by atoms with Crippen LogP contribution in [0.2, 0.25) is 0 Å². The fourth-order valence-corrected chi connectivity index (χ4v) is 3.08. The molecule has 6 nitrogen and oxygen atoms in total. The number of hydrogen-bond donors (Lipinski definition) is 1. The minimum Gasteiger partial charge on any atom is -0.491 e. The topological polar surface area (TPSA) is 63.4 Å². The van der Waals surface area contributed by atoms with Gasteiger partial charge in [-0.25, -0.2) is 0 Å². The molecule has 8 heteroatoms. The van der Waals surface area contributed by atoms with Gasteiger partial charge in [0.25, 0.3) is 5.89 Å². The van der Waals surface area contributed by atoms with E-state index in [0.717, 1.165) is 35.4 Å². The number of benzene rings is 1. The molecule has 0 aliphatic carbocycles. The highest BCUT2D eigenvalue weighted by Gasteiger charge is 2.25. The second-order valence-corrected chi connectivity index (χ2v) is 6.92. The van der Waals surface area contributed by atoms with Crippen LogP contribution in [0.4, 0.5) is 0 Å². The Bertz CT molecular complexity index is 680. The van der Waals surface area contributed by atoms with E-state index in [0.29, 0.717) is 11.7 Å². The number of halogens is 2. The van der Waals surface area contributed by atoms with Crippen LogP contribution in [0.5, 0.6) is 5.75 Å². The van der Waals surface area contributed by atoms with Crippen molar-refractivity contribution < 1.29 is 9.26 Å². The van der Waals surface area contributed by atoms with Gasteiger partial charge in [-0.05, 0) is 39.1 Å². The Balaban J connectivity index is 0.00000208. The molecule has 1 saturated heterocycles. The molecule has 3 rings (SSSR count). The number of ether oxygens (including phenoxy) is 1. The molecule has 132 valence electrons. The molecule has 1 aromatic carbocycles. The van der Waals surface area contributed by atoms with Crippen molar-refractivity contribution in [3.8, 4) is 17.2 Å². The van der Waals surface area contributed by atoms with E-state index in [4.69, 9.17) is 9.26 Å². The number of piperazine rings is 1. The standard InChI is InChI=1S/C16H21BrN4O2.ClH/c1-10(2)22-13-7-11(6-12(17)8-13)16-19-15(20-23-16)14-9-18-4-5-21(14)3;/h6-8,10,14,18H,4-5,9H2,1-3H3;1H. The normalized spacial score (nSPS) is 18.5. The number of hydrogen-bond acceptors (Lipinski definition) is 6. The fraction of sp³-hybridized carbons (Fsp3) is 0.500. The van der Waals surface area contributed by atoms with Crippen molar-refractivity contribution in [2.75, 3.05) is 26.7 Å². The van der Waals surface area contributed by atoms with E-state index in [9.17, 15) is 0 Å². The summed E-state index contributed by atoms with van der Waals surface area (Å²) in [5, 5.41) is 7.52. The third kappa shape index (κ3) is 4.47. The molecule has 0 amide bonds. The van der Waals surface area contributed by atoms with Crippen molar-refractivity contribution in [1.29, 1.82) is 0 Å². The minimum atomic E-state index is 0. The average Bonchev–Trinajstić information content (AvgIpc) is 2.96. The molecule has 1 N–H and O–H groups in total. The Labute approximate surface area is 156 Å². The molecule has 1 unspecified atom stereocenters. The number of rotatable bonds is 4. The summed E-state index contributed by atoms with van der Waals surface area (Å²) in [6.45, 7) is 6.78. The van der Waals surface area contributed by atoms with E-state index in [1.165, 1.54) is 0 Å². The van der Waals surface area contributed by atoms with Gasteiger partial charge in [0.05, 0.1) is 12.1 Å². The minimum absolute atomic E-state index is 0. The van der Waals surface area contributed by atoms with Crippen LogP contribution in [0.3, 0.4) is 0 Å². The predicted molar refractivity (Wildman–Crippen MR) is 98.7 cm³/mol. The molecule has 0 saturated carbocycles. The van der Waals surface area contributed by atoms with Crippen LogP contribution in [0, 0.1) is 0 Å². The summed E-state index contributed by atoms with van der Waals surface area (Å²) < 4.78 is 12.2. The fourth-order valence-electron chi connectivity index (χ4n) is 2.61. The summed E-state index contributed by atoms with van der Waals surface area (Å²) in [6.07, 6.45) is 0.109. The van der Waals surface area contributed by atoms with E-state index in [1.54, 1.807) is 0 Å². The van der Waals surface area contributed by atoms with Crippen LogP contribution in [-0.4, -0.2) is 47.8 Å². The van der Waals surface area contributed by atoms with Gasteiger partial charge in [-0.1, -0.05) is 21.1 Å². The van der Waals surface area contributed by atoms with Gasteiger partial charge < -0.3 is 14.6 Å². The van der Waals surface area contributed by atoms with Crippen molar-refractivity contribution in [1.82, 2.24) is 20.4 Å². The molecule has 0 radical (unpaired) electrons. The summed E-state index contributed by atoms with van der Waals surface area (Å²) in [5.41, 5.74) is 0.847. The van der Waals surface area contributed by atoms with E-state index in [2.05, 4.69) is 43.3 Å². The zero-order chi connectivity index (χ0) is 16.4. The zero-order valence-corrected chi connectivity index (χ0v) is 16.4. The average molecular weight is 418 g/mol. The first kappa shape index (κ1) is 19.2. The summed E-state index contributed by atoms with van der Waals surface area (Å²) in [4.78, 5) is 6.82. The van der Waals surface area contributed by atoms with Crippen LogP contribution in [0.25, 0.3) is 11.5 Å². The molecule has 2 aromatic rings. The molecular weight excluding hydrogens is 396 g/mol. The maximum atomic E-state index is 5.76. The van der Waals surface area contributed by atoms with Crippen LogP contribution in [-0.2, 0) is 0 Å². The van der Waals surface area contributed by atoms with E-state index in [-0.39, 0.29) is 24.6 Å². The molecule has 2 heterocycles. The quantitative estimate of drug-likeness (QED) is 0.823. The SMILES string of the molecule is CC(C)Oc1cc(Br)cc(-c2nc(C3CNCCN3C)no2)c1.Cl. The maximum absolute atomic E-state index is 5.76. The summed E-state index contributed by atoms with van der Waals surface area (Å²) in [7, 11) is 2.08. The lowest BCUT2D eigenvalue weighted by Crippen LogP contribution is -2.44. The summed E-state index contributed by atoms with van der Waals surface area (Å²) in [6, 6.07) is 5.94. The second kappa shape index (κ2) is 8.29. The van der Waals surface area contributed by atoms with Crippen molar-refractivity contribution in [2.24, 2.45) is 0 Å². The summed E-state index contributed by atoms with van der Waals surface area (Å²) >= 11 is 3.51. The highest BCUT2D eigenvalue weighted by Crippen LogP contribution is 2.29. The first-order chi connectivity index (χ1) is 11.0. The third-order valence-corrected chi connectivity index (χ3v) is 4.20. The van der Waals surface area contributed by atoms with Crippen LogP contribution >= 0.6 is 28.3 Å². The number of nitrogens with one attached hydrogen (secondary N) is 1. The lowest BCUT2D eigenvalue weighted by Gasteiger charge is -2.30.